The van der Waals surface area contributed by atoms with Crippen LogP contribution in [0, 0.1) is 0 Å². The van der Waals surface area contributed by atoms with Crippen molar-refractivity contribution in [3.63, 3.8) is 0 Å². The number of carboxylic acid groups (broad SMARTS) is 1. The van der Waals surface area contributed by atoms with Crippen LogP contribution in [0.1, 0.15) is 42.1 Å². The van der Waals surface area contributed by atoms with Gasteiger partial charge in [-0.05, 0) is 38.2 Å². The van der Waals surface area contributed by atoms with Crippen LogP contribution in [0.15, 0.2) is 46.9 Å². The van der Waals surface area contributed by atoms with Crippen molar-refractivity contribution in [2.75, 3.05) is 20.6 Å². The van der Waals surface area contributed by atoms with Crippen molar-refractivity contribution in [3.05, 3.63) is 59.5 Å². The van der Waals surface area contributed by atoms with Gasteiger partial charge in [0.25, 0.3) is 5.91 Å². The van der Waals surface area contributed by atoms with E-state index in [4.69, 9.17) is 9.52 Å². The lowest BCUT2D eigenvalue weighted by molar-refractivity contribution is -0.137. The SMILES string of the molecule is CC.CN(C)CC(CC(=O)O)NC(=O)c1ccc(CCc2ccccc2)o1. The van der Waals surface area contributed by atoms with E-state index >= 15 is 0 Å². The Kier molecular flexibility index (Phi) is 9.90. The number of carbonyl (C=O) groups excluding carboxylic acids is 1. The Morgan fingerprint density at radius 1 is 1.07 bits per heavy atom. The number of rotatable bonds is 9. The van der Waals surface area contributed by atoms with Gasteiger partial charge in [-0.15, -0.1) is 0 Å². The number of carbonyl (C=O) groups is 2. The summed E-state index contributed by atoms with van der Waals surface area (Å²) in [6.45, 7) is 4.44. The number of furan rings is 1. The molecular weight excluding hydrogens is 344 g/mol. The summed E-state index contributed by atoms with van der Waals surface area (Å²) in [6.07, 6.45) is 1.40. The summed E-state index contributed by atoms with van der Waals surface area (Å²) < 4.78 is 5.60. The van der Waals surface area contributed by atoms with E-state index < -0.39 is 12.0 Å². The molecule has 0 aliphatic rings. The number of benzene rings is 1. The van der Waals surface area contributed by atoms with Crippen molar-refractivity contribution in [1.82, 2.24) is 10.2 Å². The number of aryl methyl sites for hydroxylation is 2. The topological polar surface area (TPSA) is 82.8 Å². The summed E-state index contributed by atoms with van der Waals surface area (Å²) >= 11 is 0. The second-order valence-electron chi connectivity index (χ2n) is 6.28. The Hall–Kier alpha value is -2.60. The van der Waals surface area contributed by atoms with E-state index in [1.54, 1.807) is 12.1 Å². The molecule has 0 saturated carbocycles. The van der Waals surface area contributed by atoms with Gasteiger partial charge in [-0.25, -0.2) is 0 Å². The molecule has 0 bridgehead atoms. The third-order valence-corrected chi connectivity index (χ3v) is 3.73. The van der Waals surface area contributed by atoms with Gasteiger partial charge in [0.1, 0.15) is 5.76 Å². The number of nitrogens with one attached hydrogen (secondary N) is 1. The Labute approximate surface area is 161 Å². The molecule has 1 heterocycles. The number of hydrogen-bond donors (Lipinski definition) is 2. The van der Waals surface area contributed by atoms with Crippen LogP contribution in [0.5, 0.6) is 0 Å². The Balaban J connectivity index is 0.00000176. The molecule has 2 aromatic rings. The zero-order chi connectivity index (χ0) is 20.2. The Bertz CT molecular complexity index is 695. The van der Waals surface area contributed by atoms with E-state index in [0.29, 0.717) is 13.0 Å². The first kappa shape index (κ1) is 22.4. The number of amides is 1. The van der Waals surface area contributed by atoms with E-state index in [2.05, 4.69) is 5.32 Å². The molecule has 6 heteroatoms. The maximum Gasteiger partial charge on any atom is 0.305 e. The first-order valence-electron chi connectivity index (χ1n) is 9.24. The molecule has 6 nitrogen and oxygen atoms in total. The van der Waals surface area contributed by atoms with E-state index in [1.165, 1.54) is 5.56 Å². The molecule has 27 heavy (non-hydrogen) atoms. The average molecular weight is 374 g/mol. The van der Waals surface area contributed by atoms with Crippen LogP contribution in [-0.4, -0.2) is 48.6 Å². The normalized spacial score (nSPS) is 11.4. The highest BCUT2D eigenvalue weighted by molar-refractivity contribution is 5.92. The second-order valence-corrected chi connectivity index (χ2v) is 6.28. The van der Waals surface area contributed by atoms with Crippen molar-refractivity contribution in [2.24, 2.45) is 0 Å². The summed E-state index contributed by atoms with van der Waals surface area (Å²) in [5.41, 5.74) is 1.21. The van der Waals surface area contributed by atoms with Crippen molar-refractivity contribution >= 4 is 11.9 Å². The van der Waals surface area contributed by atoms with Gasteiger partial charge in [0.05, 0.1) is 12.5 Å². The van der Waals surface area contributed by atoms with E-state index in [1.807, 2.05) is 63.2 Å². The Morgan fingerprint density at radius 2 is 1.74 bits per heavy atom. The van der Waals surface area contributed by atoms with Gasteiger partial charge < -0.3 is 19.7 Å². The van der Waals surface area contributed by atoms with Gasteiger partial charge in [-0.3, -0.25) is 9.59 Å². The summed E-state index contributed by atoms with van der Waals surface area (Å²) in [5, 5.41) is 11.7. The molecule has 0 aliphatic heterocycles. The third kappa shape index (κ3) is 8.55. The zero-order valence-electron chi connectivity index (χ0n) is 16.6. The maximum atomic E-state index is 12.3. The molecule has 1 aromatic carbocycles. The molecule has 0 aliphatic carbocycles. The van der Waals surface area contributed by atoms with Gasteiger partial charge in [0, 0.05) is 13.0 Å². The predicted molar refractivity (Wildman–Crippen MR) is 106 cm³/mol. The molecule has 0 fully saturated rings. The van der Waals surface area contributed by atoms with Gasteiger partial charge in [0.2, 0.25) is 0 Å². The molecular formula is C21H30N2O4. The van der Waals surface area contributed by atoms with Gasteiger partial charge in [-0.2, -0.15) is 0 Å². The molecule has 0 radical (unpaired) electrons. The first-order chi connectivity index (χ1) is 12.9. The molecule has 1 atom stereocenters. The average Bonchev–Trinajstić information content (AvgIpc) is 3.10. The van der Waals surface area contributed by atoms with Crippen LogP contribution >= 0.6 is 0 Å². The number of aliphatic carboxylic acids is 1. The van der Waals surface area contributed by atoms with Crippen molar-refractivity contribution in [2.45, 2.75) is 39.2 Å². The highest BCUT2D eigenvalue weighted by Gasteiger charge is 2.19. The monoisotopic (exact) mass is 374 g/mol. The van der Waals surface area contributed by atoms with Crippen molar-refractivity contribution < 1.29 is 19.1 Å². The van der Waals surface area contributed by atoms with Gasteiger partial charge >= 0.3 is 5.97 Å². The number of likely N-dealkylation sites (N-methyl/N-ethyl adjacent to an activating group) is 1. The minimum Gasteiger partial charge on any atom is -0.481 e. The molecule has 0 spiro atoms. The van der Waals surface area contributed by atoms with E-state index in [9.17, 15) is 9.59 Å². The fraction of sp³-hybridized carbons (Fsp3) is 0.429. The minimum absolute atomic E-state index is 0.133. The fourth-order valence-corrected chi connectivity index (χ4v) is 2.62. The standard InChI is InChI=1S/C19H24N2O4.C2H6/c1-21(2)13-15(12-18(22)23)20-19(24)17-11-10-16(25-17)9-8-14-6-4-3-5-7-14;1-2/h3-7,10-11,15H,8-9,12-13H2,1-2H3,(H,20,24)(H,22,23);1-2H3. The van der Waals surface area contributed by atoms with Crippen LogP contribution < -0.4 is 5.32 Å². The highest BCUT2D eigenvalue weighted by atomic mass is 16.4. The van der Waals surface area contributed by atoms with E-state index in [0.717, 1.165) is 12.2 Å². The van der Waals surface area contributed by atoms with Crippen LogP contribution in [0.2, 0.25) is 0 Å². The highest BCUT2D eigenvalue weighted by Crippen LogP contribution is 2.12. The predicted octanol–water partition coefficient (Wildman–Crippen LogP) is 3.23. The van der Waals surface area contributed by atoms with Gasteiger partial charge in [0.15, 0.2) is 5.76 Å². The number of hydrogen-bond acceptors (Lipinski definition) is 4. The summed E-state index contributed by atoms with van der Waals surface area (Å²) in [7, 11) is 3.66. The quantitative estimate of drug-likeness (QED) is 0.704. The molecule has 2 N–H and O–H groups in total. The van der Waals surface area contributed by atoms with Crippen LogP contribution in [0.3, 0.4) is 0 Å². The lowest BCUT2D eigenvalue weighted by Gasteiger charge is -2.20. The molecule has 0 saturated heterocycles. The Morgan fingerprint density at radius 3 is 2.33 bits per heavy atom. The minimum atomic E-state index is -0.949. The lowest BCUT2D eigenvalue weighted by atomic mass is 10.1. The third-order valence-electron chi connectivity index (χ3n) is 3.73. The summed E-state index contributed by atoms with van der Waals surface area (Å²) in [6, 6.07) is 13.0. The maximum absolute atomic E-state index is 12.3. The second kappa shape index (κ2) is 11.9. The first-order valence-corrected chi connectivity index (χ1v) is 9.24. The lowest BCUT2D eigenvalue weighted by Crippen LogP contribution is -2.42. The largest absolute Gasteiger partial charge is 0.481 e. The molecule has 148 valence electrons. The van der Waals surface area contributed by atoms with Crippen LogP contribution in [0.25, 0.3) is 0 Å². The van der Waals surface area contributed by atoms with Crippen LogP contribution in [-0.2, 0) is 17.6 Å². The summed E-state index contributed by atoms with van der Waals surface area (Å²) in [4.78, 5) is 25.1. The molecule has 1 unspecified atom stereocenters. The molecule has 1 aromatic heterocycles. The summed E-state index contributed by atoms with van der Waals surface area (Å²) in [5.74, 6) is -0.400. The molecule has 2 rings (SSSR count). The molecule has 1 amide bonds. The van der Waals surface area contributed by atoms with Crippen molar-refractivity contribution in [3.8, 4) is 0 Å². The fourth-order valence-electron chi connectivity index (χ4n) is 2.62. The van der Waals surface area contributed by atoms with Crippen molar-refractivity contribution in [1.29, 1.82) is 0 Å². The zero-order valence-corrected chi connectivity index (χ0v) is 16.6. The van der Waals surface area contributed by atoms with Crippen LogP contribution in [0.4, 0.5) is 0 Å². The number of carboxylic acids is 1. The van der Waals surface area contributed by atoms with Gasteiger partial charge in [-0.1, -0.05) is 44.2 Å². The number of nitrogens with zero attached hydrogens (tertiary/aromatic N) is 1. The smallest absolute Gasteiger partial charge is 0.305 e. The van der Waals surface area contributed by atoms with E-state index in [-0.39, 0.29) is 18.1 Å².